The molecule has 0 amide bonds. The van der Waals surface area contributed by atoms with Crippen molar-refractivity contribution in [2.45, 2.75) is 13.5 Å². The Morgan fingerprint density at radius 3 is 2.70 bits per heavy atom. The molecule has 1 aliphatic rings. The summed E-state index contributed by atoms with van der Waals surface area (Å²) in [6.07, 6.45) is 0. The fourth-order valence-corrected chi connectivity index (χ4v) is 2.88. The van der Waals surface area contributed by atoms with E-state index in [1.54, 1.807) is 12.1 Å². The molecule has 8 nitrogen and oxygen atoms in total. The first-order valence-corrected chi connectivity index (χ1v) is 7.70. The number of H-pyrrole nitrogens is 1. The highest BCUT2D eigenvalue weighted by Gasteiger charge is 2.24. The first-order chi connectivity index (χ1) is 11.0. The number of halogens is 1. The van der Waals surface area contributed by atoms with Crippen molar-refractivity contribution in [3.05, 3.63) is 45.0 Å². The maximum atomic E-state index is 11.2. The predicted molar refractivity (Wildman–Crippen MR) is 86.7 cm³/mol. The van der Waals surface area contributed by atoms with Crippen molar-refractivity contribution in [1.29, 1.82) is 0 Å². The van der Waals surface area contributed by atoms with E-state index in [2.05, 4.69) is 20.1 Å². The van der Waals surface area contributed by atoms with Crippen LogP contribution in [0.25, 0.3) is 0 Å². The number of aromatic amines is 1. The Kier molecular flexibility index (Phi) is 4.44. The summed E-state index contributed by atoms with van der Waals surface area (Å²) in [6.45, 7) is 5.58. The van der Waals surface area contributed by atoms with Crippen LogP contribution in [-0.4, -0.2) is 51.2 Å². The van der Waals surface area contributed by atoms with Gasteiger partial charge in [0.15, 0.2) is 5.82 Å². The van der Waals surface area contributed by atoms with E-state index in [-0.39, 0.29) is 10.6 Å². The monoisotopic (exact) mass is 336 g/mol. The van der Waals surface area contributed by atoms with Gasteiger partial charge in [0, 0.05) is 37.3 Å². The number of hydrogen-bond acceptors (Lipinski definition) is 6. The lowest BCUT2D eigenvalue weighted by molar-refractivity contribution is -0.384. The number of nitro groups is 1. The van der Waals surface area contributed by atoms with Crippen LogP contribution < -0.4 is 4.90 Å². The molecule has 1 N–H and O–H groups in total. The summed E-state index contributed by atoms with van der Waals surface area (Å²) < 4.78 is 0. The van der Waals surface area contributed by atoms with Crippen molar-refractivity contribution in [2.24, 2.45) is 0 Å². The Morgan fingerprint density at radius 2 is 2.09 bits per heavy atom. The highest BCUT2D eigenvalue weighted by atomic mass is 35.5. The molecule has 9 heteroatoms. The highest BCUT2D eigenvalue weighted by Crippen LogP contribution is 2.31. The van der Waals surface area contributed by atoms with Crippen LogP contribution in [0, 0.1) is 17.0 Å². The fourth-order valence-electron chi connectivity index (χ4n) is 2.72. The normalized spacial score (nSPS) is 15.8. The molecule has 0 saturated carbocycles. The van der Waals surface area contributed by atoms with Crippen LogP contribution in [0.5, 0.6) is 0 Å². The van der Waals surface area contributed by atoms with E-state index >= 15 is 0 Å². The standard InChI is InChI=1S/C14H17ClN6O2/c1-10-16-14(18-17-10)9-19-4-6-20(7-5-19)12-3-2-11(15)8-13(12)21(22)23/h2-3,8H,4-7,9H2,1H3,(H,16,17,18). The minimum absolute atomic E-state index is 0.0514. The summed E-state index contributed by atoms with van der Waals surface area (Å²) in [4.78, 5) is 19.4. The summed E-state index contributed by atoms with van der Waals surface area (Å²) in [5.41, 5.74) is 0.670. The Balaban J connectivity index is 1.66. The summed E-state index contributed by atoms with van der Waals surface area (Å²) in [6, 6.07) is 4.81. The third-order valence-electron chi connectivity index (χ3n) is 3.86. The fraction of sp³-hybridized carbons (Fsp3) is 0.429. The Labute approximate surface area is 138 Å². The molecule has 1 fully saturated rings. The van der Waals surface area contributed by atoms with E-state index in [4.69, 9.17) is 11.6 Å². The van der Waals surface area contributed by atoms with Gasteiger partial charge in [-0.2, -0.15) is 5.10 Å². The van der Waals surface area contributed by atoms with Crippen molar-refractivity contribution in [3.63, 3.8) is 0 Å². The molecule has 0 atom stereocenters. The van der Waals surface area contributed by atoms with Gasteiger partial charge in [-0.3, -0.25) is 20.1 Å². The SMILES string of the molecule is Cc1nc(CN2CCN(c3ccc(Cl)cc3[N+](=O)[O-])CC2)n[nH]1. The van der Waals surface area contributed by atoms with Crippen molar-refractivity contribution < 1.29 is 4.92 Å². The molecule has 0 bridgehead atoms. The molecule has 2 heterocycles. The number of anilines is 1. The molecule has 122 valence electrons. The van der Waals surface area contributed by atoms with Crippen LogP contribution in [0.2, 0.25) is 5.02 Å². The number of nitrogens with one attached hydrogen (secondary N) is 1. The maximum absolute atomic E-state index is 11.2. The van der Waals surface area contributed by atoms with Crippen molar-refractivity contribution in [2.75, 3.05) is 31.1 Å². The van der Waals surface area contributed by atoms with Crippen LogP contribution in [0.1, 0.15) is 11.6 Å². The smallest absolute Gasteiger partial charge is 0.294 e. The zero-order valence-electron chi connectivity index (χ0n) is 12.7. The van der Waals surface area contributed by atoms with Crippen molar-refractivity contribution in [1.82, 2.24) is 20.1 Å². The van der Waals surface area contributed by atoms with Gasteiger partial charge in [-0.1, -0.05) is 11.6 Å². The average Bonchev–Trinajstić information content (AvgIpc) is 2.93. The molecule has 0 radical (unpaired) electrons. The second kappa shape index (κ2) is 6.51. The van der Waals surface area contributed by atoms with E-state index in [0.29, 0.717) is 30.3 Å². The third-order valence-corrected chi connectivity index (χ3v) is 4.09. The second-order valence-electron chi connectivity index (χ2n) is 5.49. The van der Waals surface area contributed by atoms with E-state index in [0.717, 1.165) is 24.7 Å². The first-order valence-electron chi connectivity index (χ1n) is 7.32. The van der Waals surface area contributed by atoms with Gasteiger partial charge in [0.25, 0.3) is 5.69 Å². The average molecular weight is 337 g/mol. The molecule has 1 aromatic heterocycles. The second-order valence-corrected chi connectivity index (χ2v) is 5.93. The third kappa shape index (κ3) is 3.59. The predicted octanol–water partition coefficient (Wildman–Crippen LogP) is 2.00. The summed E-state index contributed by atoms with van der Waals surface area (Å²) in [5.74, 6) is 1.57. The molecular weight excluding hydrogens is 320 g/mol. The Morgan fingerprint density at radius 1 is 1.35 bits per heavy atom. The van der Waals surface area contributed by atoms with E-state index in [9.17, 15) is 10.1 Å². The first kappa shape index (κ1) is 15.7. The van der Waals surface area contributed by atoms with Gasteiger partial charge in [0.05, 0.1) is 11.5 Å². The van der Waals surface area contributed by atoms with Crippen LogP contribution in [0.15, 0.2) is 18.2 Å². The number of aromatic nitrogens is 3. The molecule has 1 saturated heterocycles. The number of aryl methyl sites for hydroxylation is 1. The minimum atomic E-state index is -0.385. The molecule has 3 rings (SSSR count). The molecule has 0 spiro atoms. The lowest BCUT2D eigenvalue weighted by Crippen LogP contribution is -2.46. The minimum Gasteiger partial charge on any atom is -0.363 e. The molecule has 0 aliphatic carbocycles. The van der Waals surface area contributed by atoms with Gasteiger partial charge in [-0.05, 0) is 19.1 Å². The van der Waals surface area contributed by atoms with Crippen molar-refractivity contribution >= 4 is 23.0 Å². The van der Waals surface area contributed by atoms with Crippen LogP contribution in [0.4, 0.5) is 11.4 Å². The number of nitro benzene ring substituents is 1. The van der Waals surface area contributed by atoms with E-state index < -0.39 is 0 Å². The number of piperazine rings is 1. The van der Waals surface area contributed by atoms with Crippen molar-refractivity contribution in [3.8, 4) is 0 Å². The topological polar surface area (TPSA) is 91.2 Å². The zero-order valence-corrected chi connectivity index (χ0v) is 13.5. The van der Waals surface area contributed by atoms with Gasteiger partial charge in [0.2, 0.25) is 0 Å². The van der Waals surface area contributed by atoms with E-state index in [1.165, 1.54) is 6.07 Å². The van der Waals surface area contributed by atoms with Gasteiger partial charge in [0.1, 0.15) is 11.5 Å². The number of benzene rings is 1. The van der Waals surface area contributed by atoms with Gasteiger partial charge < -0.3 is 4.90 Å². The summed E-state index contributed by atoms with van der Waals surface area (Å²) in [5, 5.41) is 18.6. The van der Waals surface area contributed by atoms with Gasteiger partial charge in [-0.15, -0.1) is 0 Å². The molecule has 23 heavy (non-hydrogen) atoms. The largest absolute Gasteiger partial charge is 0.363 e. The zero-order chi connectivity index (χ0) is 16.4. The molecular formula is C14H17ClN6O2. The quantitative estimate of drug-likeness (QED) is 0.678. The lowest BCUT2D eigenvalue weighted by atomic mass is 10.2. The molecule has 2 aromatic rings. The van der Waals surface area contributed by atoms with E-state index in [1.807, 2.05) is 11.8 Å². The van der Waals surface area contributed by atoms with Crippen LogP contribution >= 0.6 is 11.6 Å². The summed E-state index contributed by atoms with van der Waals surface area (Å²) in [7, 11) is 0. The molecule has 1 aliphatic heterocycles. The van der Waals surface area contributed by atoms with Gasteiger partial charge in [-0.25, -0.2) is 4.98 Å². The molecule has 0 unspecified atom stereocenters. The highest BCUT2D eigenvalue weighted by molar-refractivity contribution is 6.30. The Hall–Kier alpha value is -2.19. The maximum Gasteiger partial charge on any atom is 0.294 e. The number of rotatable bonds is 4. The Bertz CT molecular complexity index is 711. The van der Waals surface area contributed by atoms with Crippen LogP contribution in [-0.2, 0) is 6.54 Å². The van der Waals surface area contributed by atoms with Gasteiger partial charge >= 0.3 is 0 Å². The van der Waals surface area contributed by atoms with Crippen LogP contribution in [0.3, 0.4) is 0 Å². The summed E-state index contributed by atoms with van der Waals surface area (Å²) >= 11 is 5.87. The number of hydrogen-bond donors (Lipinski definition) is 1. The molecule has 1 aromatic carbocycles. The number of nitrogens with zero attached hydrogens (tertiary/aromatic N) is 5. The lowest BCUT2D eigenvalue weighted by Gasteiger charge is -2.35.